The van der Waals surface area contributed by atoms with E-state index in [0.717, 1.165) is 13.2 Å². The Hall–Kier alpha value is -2.27. The van der Waals surface area contributed by atoms with Crippen molar-refractivity contribution in [1.29, 1.82) is 5.26 Å². The van der Waals surface area contributed by atoms with Crippen LogP contribution in [0.3, 0.4) is 0 Å². The van der Waals surface area contributed by atoms with Crippen LogP contribution in [-0.2, 0) is 22.5 Å². The van der Waals surface area contributed by atoms with Crippen molar-refractivity contribution in [3.05, 3.63) is 28.8 Å². The molecule has 1 rings (SSSR count). The van der Waals surface area contributed by atoms with E-state index < -0.39 is 18.1 Å². The summed E-state index contributed by atoms with van der Waals surface area (Å²) in [4.78, 5) is 11.2. The molecule has 0 bridgehead atoms. The standard InChI is InChI=1S/C12H11F3N2O3/c1-19-11(18)4-8-2-7(5-16)3-10(9(8)6-17)20-12(13,14)15/h2-3H,4,6,17H2,1H3. The number of alkyl halides is 3. The predicted octanol–water partition coefficient (Wildman–Crippen LogP) is 1.63. The van der Waals surface area contributed by atoms with Crippen LogP contribution in [0.15, 0.2) is 12.1 Å². The highest BCUT2D eigenvalue weighted by atomic mass is 19.4. The fourth-order valence-electron chi connectivity index (χ4n) is 1.60. The normalized spacial score (nSPS) is 10.8. The number of carbonyl (C=O) groups excluding carboxylic acids is 1. The zero-order chi connectivity index (χ0) is 15.3. The minimum atomic E-state index is -4.92. The first-order valence-corrected chi connectivity index (χ1v) is 5.39. The summed E-state index contributed by atoms with van der Waals surface area (Å²) in [7, 11) is 1.14. The minimum absolute atomic E-state index is 0.00623. The summed E-state index contributed by atoms with van der Waals surface area (Å²) in [6.07, 6.45) is -5.21. The molecule has 0 unspecified atom stereocenters. The van der Waals surface area contributed by atoms with Crippen molar-refractivity contribution in [2.45, 2.75) is 19.3 Å². The van der Waals surface area contributed by atoms with Crippen LogP contribution in [0.2, 0.25) is 0 Å². The molecule has 8 heteroatoms. The first kappa shape index (κ1) is 15.8. The Labute approximate surface area is 112 Å². The van der Waals surface area contributed by atoms with Crippen LogP contribution in [0.5, 0.6) is 5.75 Å². The molecule has 20 heavy (non-hydrogen) atoms. The molecule has 0 saturated heterocycles. The molecule has 5 nitrogen and oxygen atoms in total. The number of rotatable bonds is 4. The molecule has 108 valence electrons. The van der Waals surface area contributed by atoms with Crippen molar-refractivity contribution in [1.82, 2.24) is 0 Å². The van der Waals surface area contributed by atoms with Crippen LogP contribution in [0.4, 0.5) is 13.2 Å². The Morgan fingerprint density at radius 2 is 2.10 bits per heavy atom. The summed E-state index contributed by atoms with van der Waals surface area (Å²) >= 11 is 0. The number of ether oxygens (including phenoxy) is 2. The number of methoxy groups -OCH3 is 1. The van der Waals surface area contributed by atoms with Crippen molar-refractivity contribution >= 4 is 5.97 Å². The first-order chi connectivity index (χ1) is 9.30. The molecule has 2 N–H and O–H groups in total. The van der Waals surface area contributed by atoms with E-state index in [1.807, 2.05) is 0 Å². The Morgan fingerprint density at radius 3 is 2.55 bits per heavy atom. The van der Waals surface area contributed by atoms with E-state index in [1.165, 1.54) is 6.07 Å². The van der Waals surface area contributed by atoms with Crippen molar-refractivity contribution in [2.75, 3.05) is 7.11 Å². The van der Waals surface area contributed by atoms with Gasteiger partial charge in [-0.3, -0.25) is 4.79 Å². The third-order valence-electron chi connectivity index (χ3n) is 2.42. The Kier molecular flexibility index (Phi) is 4.94. The number of nitrogens with zero attached hydrogens (tertiary/aromatic N) is 1. The van der Waals surface area contributed by atoms with Gasteiger partial charge in [0.05, 0.1) is 25.2 Å². The molecule has 0 aromatic heterocycles. The second-order valence-corrected chi connectivity index (χ2v) is 3.73. The molecule has 0 aliphatic heterocycles. The summed E-state index contributed by atoms with van der Waals surface area (Å²) < 4.78 is 45.2. The van der Waals surface area contributed by atoms with Crippen molar-refractivity contribution in [3.63, 3.8) is 0 Å². The van der Waals surface area contributed by atoms with Gasteiger partial charge in [0.15, 0.2) is 0 Å². The van der Waals surface area contributed by atoms with E-state index in [2.05, 4.69) is 9.47 Å². The smallest absolute Gasteiger partial charge is 0.469 e. The zero-order valence-electron chi connectivity index (χ0n) is 10.5. The number of esters is 1. The maximum atomic E-state index is 12.3. The lowest BCUT2D eigenvalue weighted by Gasteiger charge is -2.16. The van der Waals surface area contributed by atoms with Gasteiger partial charge in [0.25, 0.3) is 0 Å². The molecular weight excluding hydrogens is 277 g/mol. The Bertz CT molecular complexity index is 550. The highest BCUT2D eigenvalue weighted by Gasteiger charge is 2.32. The van der Waals surface area contributed by atoms with Gasteiger partial charge in [0.2, 0.25) is 0 Å². The van der Waals surface area contributed by atoms with E-state index in [0.29, 0.717) is 0 Å². The van der Waals surface area contributed by atoms with Gasteiger partial charge in [-0.2, -0.15) is 5.26 Å². The second kappa shape index (κ2) is 6.25. The molecular formula is C12H11F3N2O3. The summed E-state index contributed by atoms with van der Waals surface area (Å²) in [6, 6.07) is 3.90. The summed E-state index contributed by atoms with van der Waals surface area (Å²) in [5.74, 6) is -1.24. The van der Waals surface area contributed by atoms with Gasteiger partial charge in [-0.15, -0.1) is 13.2 Å². The third-order valence-corrected chi connectivity index (χ3v) is 2.42. The van der Waals surface area contributed by atoms with Gasteiger partial charge < -0.3 is 15.2 Å². The fraction of sp³-hybridized carbons (Fsp3) is 0.333. The van der Waals surface area contributed by atoms with Gasteiger partial charge in [0.1, 0.15) is 5.75 Å². The highest BCUT2D eigenvalue weighted by molar-refractivity contribution is 5.73. The van der Waals surface area contributed by atoms with Crippen molar-refractivity contribution < 1.29 is 27.4 Å². The molecule has 0 radical (unpaired) electrons. The molecule has 0 spiro atoms. The molecule has 0 amide bonds. The van der Waals surface area contributed by atoms with Crippen LogP contribution in [0.1, 0.15) is 16.7 Å². The van der Waals surface area contributed by atoms with Crippen LogP contribution in [0.25, 0.3) is 0 Å². The van der Waals surface area contributed by atoms with Crippen LogP contribution < -0.4 is 10.5 Å². The lowest BCUT2D eigenvalue weighted by Crippen LogP contribution is -2.20. The minimum Gasteiger partial charge on any atom is -0.469 e. The van der Waals surface area contributed by atoms with E-state index in [-0.39, 0.29) is 29.7 Å². The van der Waals surface area contributed by atoms with Crippen LogP contribution >= 0.6 is 0 Å². The van der Waals surface area contributed by atoms with E-state index in [9.17, 15) is 18.0 Å². The van der Waals surface area contributed by atoms with Crippen molar-refractivity contribution in [2.24, 2.45) is 5.73 Å². The van der Waals surface area contributed by atoms with Gasteiger partial charge >= 0.3 is 12.3 Å². The largest absolute Gasteiger partial charge is 0.573 e. The van der Waals surface area contributed by atoms with Gasteiger partial charge in [-0.1, -0.05) is 0 Å². The van der Waals surface area contributed by atoms with Crippen molar-refractivity contribution in [3.8, 4) is 11.8 Å². The average molecular weight is 288 g/mol. The number of nitriles is 1. The molecule has 0 aliphatic carbocycles. The topological polar surface area (TPSA) is 85.3 Å². The number of hydrogen-bond acceptors (Lipinski definition) is 5. The first-order valence-electron chi connectivity index (χ1n) is 5.39. The monoisotopic (exact) mass is 288 g/mol. The number of benzene rings is 1. The molecule has 0 aliphatic rings. The highest BCUT2D eigenvalue weighted by Crippen LogP contribution is 2.30. The maximum absolute atomic E-state index is 12.3. The summed E-state index contributed by atoms with van der Waals surface area (Å²) in [5.41, 5.74) is 5.50. The number of carbonyl (C=O) groups is 1. The number of hydrogen-bond donors (Lipinski definition) is 1. The SMILES string of the molecule is COC(=O)Cc1cc(C#N)cc(OC(F)(F)F)c1CN. The Balaban J connectivity index is 3.32. The molecule has 0 fully saturated rings. The van der Waals surface area contributed by atoms with Gasteiger partial charge in [0, 0.05) is 12.1 Å². The Morgan fingerprint density at radius 1 is 1.45 bits per heavy atom. The molecule has 0 atom stereocenters. The zero-order valence-corrected chi connectivity index (χ0v) is 10.5. The summed E-state index contributed by atoms with van der Waals surface area (Å²) in [5, 5.41) is 8.81. The molecule has 1 aromatic carbocycles. The molecule has 0 heterocycles. The van der Waals surface area contributed by atoms with Gasteiger partial charge in [-0.05, 0) is 17.7 Å². The van der Waals surface area contributed by atoms with Crippen LogP contribution in [-0.4, -0.2) is 19.4 Å². The lowest BCUT2D eigenvalue weighted by atomic mass is 10.0. The van der Waals surface area contributed by atoms with E-state index in [4.69, 9.17) is 11.0 Å². The third kappa shape index (κ3) is 4.13. The molecule has 1 aromatic rings. The van der Waals surface area contributed by atoms with E-state index in [1.54, 1.807) is 6.07 Å². The van der Waals surface area contributed by atoms with Gasteiger partial charge in [-0.25, -0.2) is 0 Å². The quantitative estimate of drug-likeness (QED) is 0.851. The summed E-state index contributed by atoms with van der Waals surface area (Å²) in [6.45, 7) is -0.274. The number of nitrogens with two attached hydrogens (primary N) is 1. The lowest BCUT2D eigenvalue weighted by molar-refractivity contribution is -0.274. The molecule has 0 saturated carbocycles. The van der Waals surface area contributed by atoms with E-state index >= 15 is 0 Å². The average Bonchev–Trinajstić information content (AvgIpc) is 2.36. The number of halogens is 3. The fourth-order valence-corrected chi connectivity index (χ4v) is 1.60. The van der Waals surface area contributed by atoms with Crippen LogP contribution in [0, 0.1) is 11.3 Å². The maximum Gasteiger partial charge on any atom is 0.573 e. The predicted molar refractivity (Wildman–Crippen MR) is 61.5 cm³/mol. The second-order valence-electron chi connectivity index (χ2n) is 3.73.